The zero-order valence-corrected chi connectivity index (χ0v) is 10.7. The van der Waals surface area contributed by atoms with Crippen LogP contribution in [0.1, 0.15) is 5.56 Å². The van der Waals surface area contributed by atoms with Crippen molar-refractivity contribution in [1.29, 1.82) is 0 Å². The SMILES string of the molecule is COc1cc(O)cc(OC)c1CC(N)CO.Cl. The third-order valence-corrected chi connectivity index (χ3v) is 2.29. The Kier molecular flexibility index (Phi) is 6.72. The van der Waals surface area contributed by atoms with Gasteiger partial charge in [0.25, 0.3) is 0 Å². The van der Waals surface area contributed by atoms with Crippen molar-refractivity contribution in [3.05, 3.63) is 17.7 Å². The average Bonchev–Trinajstić information content (AvgIpc) is 2.30. The maximum atomic E-state index is 9.43. The molecule has 0 aromatic heterocycles. The highest BCUT2D eigenvalue weighted by atomic mass is 35.5. The first kappa shape index (κ1) is 15.8. The lowest BCUT2D eigenvalue weighted by Gasteiger charge is -2.16. The molecular weight excluding hydrogens is 246 g/mol. The Balaban J connectivity index is 0.00000256. The van der Waals surface area contributed by atoms with Crippen LogP contribution in [0.2, 0.25) is 0 Å². The fourth-order valence-electron chi connectivity index (χ4n) is 1.50. The van der Waals surface area contributed by atoms with Gasteiger partial charge in [-0.15, -0.1) is 12.4 Å². The predicted molar refractivity (Wildman–Crippen MR) is 67.2 cm³/mol. The summed E-state index contributed by atoms with van der Waals surface area (Å²) in [5, 5.41) is 18.4. The van der Waals surface area contributed by atoms with Crippen molar-refractivity contribution in [1.82, 2.24) is 0 Å². The Morgan fingerprint density at radius 3 is 2.06 bits per heavy atom. The quantitative estimate of drug-likeness (QED) is 0.728. The summed E-state index contributed by atoms with van der Waals surface area (Å²) in [5.74, 6) is 1.07. The van der Waals surface area contributed by atoms with Gasteiger partial charge in [-0.25, -0.2) is 0 Å². The van der Waals surface area contributed by atoms with Crippen LogP contribution < -0.4 is 15.2 Å². The second-order valence-electron chi connectivity index (χ2n) is 3.48. The molecule has 0 radical (unpaired) electrons. The monoisotopic (exact) mass is 263 g/mol. The first-order valence-electron chi connectivity index (χ1n) is 4.92. The van der Waals surface area contributed by atoms with E-state index in [4.69, 9.17) is 20.3 Å². The summed E-state index contributed by atoms with van der Waals surface area (Å²) in [7, 11) is 3.00. The van der Waals surface area contributed by atoms with Crippen LogP contribution in [0.15, 0.2) is 12.1 Å². The number of aromatic hydroxyl groups is 1. The van der Waals surface area contributed by atoms with E-state index in [1.807, 2.05) is 0 Å². The largest absolute Gasteiger partial charge is 0.508 e. The van der Waals surface area contributed by atoms with Gasteiger partial charge in [-0.1, -0.05) is 0 Å². The third kappa shape index (κ3) is 3.96. The van der Waals surface area contributed by atoms with Gasteiger partial charge in [-0.3, -0.25) is 0 Å². The summed E-state index contributed by atoms with van der Waals surface area (Å²) in [4.78, 5) is 0. The Morgan fingerprint density at radius 1 is 1.24 bits per heavy atom. The lowest BCUT2D eigenvalue weighted by molar-refractivity contribution is 0.263. The molecule has 1 unspecified atom stereocenters. The zero-order chi connectivity index (χ0) is 12.1. The Labute approximate surface area is 107 Å². The number of hydrogen-bond donors (Lipinski definition) is 3. The summed E-state index contributed by atoms with van der Waals surface area (Å²) >= 11 is 0. The molecule has 5 nitrogen and oxygen atoms in total. The summed E-state index contributed by atoms with van der Waals surface area (Å²) in [6.07, 6.45) is 0.420. The van der Waals surface area contributed by atoms with Crippen molar-refractivity contribution in [2.45, 2.75) is 12.5 Å². The minimum atomic E-state index is -0.382. The number of phenolic OH excluding ortho intramolecular Hbond substituents is 1. The molecule has 17 heavy (non-hydrogen) atoms. The lowest BCUT2D eigenvalue weighted by atomic mass is 10.0. The highest BCUT2D eigenvalue weighted by Gasteiger charge is 2.15. The van der Waals surface area contributed by atoms with Crippen LogP contribution in [0.25, 0.3) is 0 Å². The predicted octanol–water partition coefficient (Wildman–Crippen LogP) is 0.693. The number of benzene rings is 1. The molecule has 98 valence electrons. The minimum Gasteiger partial charge on any atom is -0.508 e. The van der Waals surface area contributed by atoms with Crippen molar-refractivity contribution >= 4 is 12.4 Å². The maximum absolute atomic E-state index is 9.43. The molecule has 1 aromatic rings. The second-order valence-corrected chi connectivity index (χ2v) is 3.48. The van der Waals surface area contributed by atoms with E-state index in [0.717, 1.165) is 5.56 Å². The molecule has 0 amide bonds. The number of halogens is 1. The second kappa shape index (κ2) is 7.21. The number of aliphatic hydroxyl groups excluding tert-OH is 1. The first-order valence-corrected chi connectivity index (χ1v) is 4.92. The molecule has 0 spiro atoms. The minimum absolute atomic E-state index is 0. The van der Waals surface area contributed by atoms with Gasteiger partial charge in [-0.05, 0) is 6.42 Å². The maximum Gasteiger partial charge on any atom is 0.129 e. The summed E-state index contributed by atoms with van der Waals surface area (Å²) < 4.78 is 10.3. The smallest absolute Gasteiger partial charge is 0.129 e. The lowest BCUT2D eigenvalue weighted by Crippen LogP contribution is -2.27. The highest BCUT2D eigenvalue weighted by molar-refractivity contribution is 5.85. The van der Waals surface area contributed by atoms with Gasteiger partial charge in [0.15, 0.2) is 0 Å². The fourth-order valence-corrected chi connectivity index (χ4v) is 1.50. The molecule has 0 saturated carbocycles. The summed E-state index contributed by atoms with van der Waals surface area (Å²) in [6, 6.07) is 2.59. The van der Waals surface area contributed by atoms with Crippen LogP contribution >= 0.6 is 12.4 Å². The van der Waals surface area contributed by atoms with Gasteiger partial charge < -0.3 is 25.4 Å². The number of nitrogens with two attached hydrogens (primary N) is 1. The number of phenols is 1. The Morgan fingerprint density at radius 2 is 1.71 bits per heavy atom. The van der Waals surface area contributed by atoms with Crippen LogP contribution in [0.3, 0.4) is 0 Å². The summed E-state index contributed by atoms with van der Waals surface area (Å²) in [6.45, 7) is -0.118. The highest BCUT2D eigenvalue weighted by Crippen LogP contribution is 2.34. The fraction of sp³-hybridized carbons (Fsp3) is 0.455. The molecule has 0 aliphatic rings. The van der Waals surface area contributed by atoms with Gasteiger partial charge in [0.2, 0.25) is 0 Å². The first-order chi connectivity index (χ1) is 7.62. The van der Waals surface area contributed by atoms with Gasteiger partial charge in [0.1, 0.15) is 17.2 Å². The third-order valence-electron chi connectivity index (χ3n) is 2.29. The molecule has 4 N–H and O–H groups in total. The van der Waals surface area contributed by atoms with Crippen molar-refractivity contribution in [2.75, 3.05) is 20.8 Å². The molecule has 0 aliphatic carbocycles. The Bertz CT molecular complexity index is 334. The van der Waals surface area contributed by atoms with E-state index in [1.54, 1.807) is 0 Å². The molecule has 1 atom stereocenters. The standard InChI is InChI=1S/C11H17NO4.ClH/c1-15-10-4-8(14)5-11(16-2)9(10)3-7(12)6-13;/h4-5,7,13-14H,3,6,12H2,1-2H3;1H. The Hall–Kier alpha value is -1.17. The molecule has 0 bridgehead atoms. The van der Waals surface area contributed by atoms with Crippen LogP contribution in [-0.2, 0) is 6.42 Å². The van der Waals surface area contributed by atoms with Gasteiger partial charge in [0.05, 0.1) is 20.8 Å². The van der Waals surface area contributed by atoms with E-state index in [9.17, 15) is 5.11 Å². The molecular formula is C11H18ClNO4. The molecule has 0 aliphatic heterocycles. The molecule has 0 fully saturated rings. The van der Waals surface area contributed by atoms with Crippen LogP contribution in [-0.4, -0.2) is 37.1 Å². The van der Waals surface area contributed by atoms with E-state index >= 15 is 0 Å². The van der Waals surface area contributed by atoms with E-state index < -0.39 is 0 Å². The molecule has 1 aromatic carbocycles. The van der Waals surface area contributed by atoms with Gasteiger partial charge in [-0.2, -0.15) is 0 Å². The number of rotatable bonds is 5. The molecule has 0 saturated heterocycles. The van der Waals surface area contributed by atoms with Crippen molar-refractivity contribution in [3.8, 4) is 17.2 Å². The molecule has 1 rings (SSSR count). The van der Waals surface area contributed by atoms with E-state index in [0.29, 0.717) is 17.9 Å². The van der Waals surface area contributed by atoms with Gasteiger partial charge >= 0.3 is 0 Å². The number of aliphatic hydroxyl groups is 1. The topological polar surface area (TPSA) is 84.9 Å². The normalized spacial score (nSPS) is 11.5. The number of ether oxygens (including phenoxy) is 2. The van der Waals surface area contributed by atoms with E-state index in [1.165, 1.54) is 26.4 Å². The average molecular weight is 264 g/mol. The number of methoxy groups -OCH3 is 2. The van der Waals surface area contributed by atoms with E-state index in [-0.39, 0.29) is 30.8 Å². The summed E-state index contributed by atoms with van der Waals surface area (Å²) in [5.41, 5.74) is 6.41. The van der Waals surface area contributed by atoms with Gasteiger partial charge in [0, 0.05) is 23.7 Å². The molecule has 0 heterocycles. The number of hydrogen-bond acceptors (Lipinski definition) is 5. The van der Waals surface area contributed by atoms with Crippen LogP contribution in [0.4, 0.5) is 0 Å². The van der Waals surface area contributed by atoms with E-state index in [2.05, 4.69) is 0 Å². The van der Waals surface area contributed by atoms with Crippen LogP contribution in [0, 0.1) is 0 Å². The van der Waals surface area contributed by atoms with Crippen molar-refractivity contribution in [2.24, 2.45) is 5.73 Å². The molecule has 6 heteroatoms. The zero-order valence-electron chi connectivity index (χ0n) is 9.84. The van der Waals surface area contributed by atoms with Crippen molar-refractivity contribution in [3.63, 3.8) is 0 Å². The van der Waals surface area contributed by atoms with Crippen molar-refractivity contribution < 1.29 is 19.7 Å². The van der Waals surface area contributed by atoms with Crippen LogP contribution in [0.5, 0.6) is 17.2 Å².